The van der Waals surface area contributed by atoms with E-state index in [-0.39, 0.29) is 30.6 Å². The smallest absolute Gasteiger partial charge is 0.409 e. The zero-order valence-electron chi connectivity index (χ0n) is 16.6. The van der Waals surface area contributed by atoms with Gasteiger partial charge in [0.15, 0.2) is 0 Å². The Kier molecular flexibility index (Phi) is 5.62. The second-order valence-corrected chi connectivity index (χ2v) is 7.99. The number of carbonyl (C=O) groups is 2. The van der Waals surface area contributed by atoms with Crippen LogP contribution in [-0.2, 0) is 11.3 Å². The highest BCUT2D eigenvalue weighted by Crippen LogP contribution is 2.33. The molecular weight excluding hydrogens is 372 g/mol. The lowest BCUT2D eigenvalue weighted by Gasteiger charge is -2.41. The van der Waals surface area contributed by atoms with Crippen molar-refractivity contribution in [2.45, 2.75) is 37.9 Å². The maximum Gasteiger partial charge on any atom is 0.409 e. The van der Waals surface area contributed by atoms with Gasteiger partial charge in [0.2, 0.25) is 0 Å². The second-order valence-electron chi connectivity index (χ2n) is 7.99. The lowest BCUT2D eigenvalue weighted by atomic mass is 9.94. The number of H-pyrrole nitrogens is 1. The number of nitrogens with zero attached hydrogens (tertiary/aromatic N) is 2. The summed E-state index contributed by atoms with van der Waals surface area (Å²) >= 11 is 0. The van der Waals surface area contributed by atoms with Crippen molar-refractivity contribution in [3.8, 4) is 0 Å². The Hall–Kier alpha value is -2.74. The molecule has 2 atom stereocenters. The molecule has 2 aromatic rings. The average molecular weight is 400 g/mol. The van der Waals surface area contributed by atoms with Gasteiger partial charge in [-0.3, -0.25) is 0 Å². The molecule has 0 bridgehead atoms. The summed E-state index contributed by atoms with van der Waals surface area (Å²) < 4.78 is 4.86. The van der Waals surface area contributed by atoms with Crippen molar-refractivity contribution in [3.63, 3.8) is 0 Å². The number of likely N-dealkylation sites (tertiary alicyclic amines) is 1. The van der Waals surface area contributed by atoms with Crippen molar-refractivity contribution in [2.24, 2.45) is 5.92 Å². The number of hydrogen-bond acceptors (Lipinski definition) is 4. The van der Waals surface area contributed by atoms with Gasteiger partial charge in [-0.25, -0.2) is 9.59 Å². The Balaban J connectivity index is 1.44. The molecule has 1 aromatic carbocycles. The van der Waals surface area contributed by atoms with E-state index < -0.39 is 6.09 Å². The lowest BCUT2D eigenvalue weighted by Crippen LogP contribution is -2.57. The van der Waals surface area contributed by atoms with E-state index in [0.717, 1.165) is 29.4 Å². The fourth-order valence-corrected chi connectivity index (χ4v) is 4.26. The van der Waals surface area contributed by atoms with E-state index in [9.17, 15) is 14.7 Å². The number of piperidine rings is 1. The van der Waals surface area contributed by atoms with Crippen LogP contribution in [0.4, 0.5) is 9.59 Å². The number of aromatic nitrogens is 1. The third-order valence-corrected chi connectivity index (χ3v) is 5.79. The van der Waals surface area contributed by atoms with Crippen LogP contribution in [0, 0.1) is 5.92 Å². The first-order chi connectivity index (χ1) is 14.1. The van der Waals surface area contributed by atoms with Crippen molar-refractivity contribution < 1.29 is 19.4 Å². The summed E-state index contributed by atoms with van der Waals surface area (Å²) in [5.41, 5.74) is 1.99. The number of carbonyl (C=O) groups excluding carboxylic acids is 2. The summed E-state index contributed by atoms with van der Waals surface area (Å²) in [6, 6.07) is 9.99. The Morgan fingerprint density at radius 2 is 2.07 bits per heavy atom. The average Bonchev–Trinajstić information content (AvgIpc) is 3.48. The van der Waals surface area contributed by atoms with Crippen LogP contribution in [0.3, 0.4) is 0 Å². The number of nitrogens with one attached hydrogen (secondary N) is 2. The zero-order chi connectivity index (χ0) is 20.4. The quantitative estimate of drug-likeness (QED) is 0.717. The van der Waals surface area contributed by atoms with Gasteiger partial charge >= 0.3 is 12.1 Å². The third-order valence-electron chi connectivity index (χ3n) is 5.79. The molecule has 3 N–H and O–H groups in total. The molecule has 156 valence electrons. The monoisotopic (exact) mass is 400 g/mol. The molecule has 3 amide bonds. The minimum absolute atomic E-state index is 0.0147. The van der Waals surface area contributed by atoms with E-state index in [0.29, 0.717) is 26.1 Å². The Morgan fingerprint density at radius 3 is 2.76 bits per heavy atom. The zero-order valence-corrected chi connectivity index (χ0v) is 16.6. The van der Waals surface area contributed by atoms with Gasteiger partial charge in [0.05, 0.1) is 19.7 Å². The Labute approximate surface area is 169 Å². The first-order valence-electron chi connectivity index (χ1n) is 10.2. The van der Waals surface area contributed by atoms with Crippen LogP contribution in [0.5, 0.6) is 0 Å². The summed E-state index contributed by atoms with van der Waals surface area (Å²) in [7, 11) is 1.35. The predicted octanol–water partition coefficient (Wildman–Crippen LogP) is 2.29. The van der Waals surface area contributed by atoms with Gasteiger partial charge < -0.3 is 29.9 Å². The molecule has 1 saturated carbocycles. The van der Waals surface area contributed by atoms with E-state index in [1.54, 1.807) is 4.90 Å². The first kappa shape index (κ1) is 19.6. The minimum atomic E-state index is -0.414. The van der Waals surface area contributed by atoms with E-state index in [2.05, 4.69) is 10.3 Å². The summed E-state index contributed by atoms with van der Waals surface area (Å²) in [5, 5.41) is 13.8. The molecule has 29 heavy (non-hydrogen) atoms. The van der Waals surface area contributed by atoms with E-state index in [4.69, 9.17) is 4.74 Å². The van der Waals surface area contributed by atoms with Crippen molar-refractivity contribution in [1.82, 2.24) is 20.1 Å². The maximum atomic E-state index is 13.1. The molecule has 1 unspecified atom stereocenters. The molecule has 1 aliphatic carbocycles. The molecule has 8 heteroatoms. The highest BCUT2D eigenvalue weighted by atomic mass is 16.5. The van der Waals surface area contributed by atoms with Crippen molar-refractivity contribution in [3.05, 3.63) is 36.0 Å². The van der Waals surface area contributed by atoms with Crippen LogP contribution in [0.25, 0.3) is 10.9 Å². The number of rotatable bonds is 5. The number of fused-ring (bicyclic) bond motifs is 1. The van der Waals surface area contributed by atoms with Gasteiger partial charge in [0.25, 0.3) is 0 Å². The number of methoxy groups -OCH3 is 1. The second kappa shape index (κ2) is 8.32. The van der Waals surface area contributed by atoms with Crippen molar-refractivity contribution in [2.75, 3.05) is 26.8 Å². The summed E-state index contributed by atoms with van der Waals surface area (Å²) in [6.45, 7) is 1.28. The number of aromatic amines is 1. The van der Waals surface area contributed by atoms with Crippen LogP contribution in [0.2, 0.25) is 0 Å². The summed E-state index contributed by atoms with van der Waals surface area (Å²) in [6.07, 6.45) is 2.21. The number of aliphatic hydroxyl groups excluding tert-OH is 1. The molecule has 8 nitrogen and oxygen atoms in total. The normalized spacial score (nSPS) is 21.8. The number of hydrogen-bond donors (Lipinski definition) is 3. The molecule has 1 saturated heterocycles. The lowest BCUT2D eigenvalue weighted by molar-refractivity contribution is 0.0464. The number of amides is 3. The fourth-order valence-electron chi connectivity index (χ4n) is 4.26. The molecule has 2 heterocycles. The van der Waals surface area contributed by atoms with Crippen molar-refractivity contribution in [1.29, 1.82) is 0 Å². The predicted molar refractivity (Wildman–Crippen MR) is 108 cm³/mol. The summed E-state index contributed by atoms with van der Waals surface area (Å²) in [5.74, 6) is -0.0596. The van der Waals surface area contributed by atoms with Crippen LogP contribution in [0.15, 0.2) is 30.3 Å². The van der Waals surface area contributed by atoms with E-state index in [1.165, 1.54) is 7.11 Å². The highest BCUT2D eigenvalue weighted by Gasteiger charge is 2.42. The van der Waals surface area contributed by atoms with Gasteiger partial charge in [-0.05, 0) is 36.8 Å². The molecular formula is C21H28N4O4. The topological polar surface area (TPSA) is 97.9 Å². The Morgan fingerprint density at radius 1 is 1.28 bits per heavy atom. The Bertz CT molecular complexity index is 845. The number of ether oxygens (including phenoxy) is 1. The highest BCUT2D eigenvalue weighted by molar-refractivity contribution is 5.80. The van der Waals surface area contributed by atoms with Gasteiger partial charge in [-0.1, -0.05) is 18.2 Å². The minimum Gasteiger partial charge on any atom is -0.453 e. The summed E-state index contributed by atoms with van der Waals surface area (Å²) in [4.78, 5) is 31.9. The molecule has 1 aromatic heterocycles. The molecule has 1 aliphatic heterocycles. The standard InChI is InChI=1S/C21H28N4O4/c1-29-21(28)24-11-14(13-26)8-18(12-24)25(17-6-7-17)20(27)22-10-16-9-15-4-2-3-5-19(15)23-16/h2-5,9,14,17-18,23,26H,6-8,10-13H2,1H3,(H,22,27)/t14?,18-/m1/s1. The fraction of sp³-hybridized carbons (Fsp3) is 0.524. The number of benzene rings is 1. The molecule has 0 spiro atoms. The molecule has 0 radical (unpaired) electrons. The SMILES string of the molecule is COC(=O)N1CC(CO)C[C@@H](N(C(=O)NCc2cc3ccccc3[nH]2)C2CC2)C1. The van der Waals surface area contributed by atoms with Gasteiger partial charge in [0, 0.05) is 42.9 Å². The van der Waals surface area contributed by atoms with E-state index >= 15 is 0 Å². The largest absolute Gasteiger partial charge is 0.453 e. The third kappa shape index (κ3) is 4.32. The van der Waals surface area contributed by atoms with Crippen LogP contribution in [0.1, 0.15) is 25.0 Å². The molecule has 2 aliphatic rings. The number of para-hydroxylation sites is 1. The van der Waals surface area contributed by atoms with Crippen LogP contribution < -0.4 is 5.32 Å². The van der Waals surface area contributed by atoms with Gasteiger partial charge in [0.1, 0.15) is 0 Å². The number of urea groups is 1. The van der Waals surface area contributed by atoms with Gasteiger partial charge in [-0.2, -0.15) is 0 Å². The van der Waals surface area contributed by atoms with E-state index in [1.807, 2.05) is 35.2 Å². The molecule has 4 rings (SSSR count). The van der Waals surface area contributed by atoms with Crippen LogP contribution >= 0.6 is 0 Å². The van der Waals surface area contributed by atoms with Gasteiger partial charge in [-0.15, -0.1) is 0 Å². The first-order valence-corrected chi connectivity index (χ1v) is 10.2. The number of aliphatic hydroxyl groups is 1. The maximum absolute atomic E-state index is 13.1. The van der Waals surface area contributed by atoms with Crippen LogP contribution in [-0.4, -0.2) is 70.9 Å². The molecule has 2 fully saturated rings. The van der Waals surface area contributed by atoms with Crippen molar-refractivity contribution >= 4 is 23.0 Å².